The Labute approximate surface area is 125 Å². The van der Waals surface area contributed by atoms with Gasteiger partial charge in [-0.05, 0) is 24.9 Å². The molecule has 0 spiro atoms. The molecule has 1 aromatic rings. The minimum absolute atomic E-state index is 0.152. The van der Waals surface area contributed by atoms with Crippen molar-refractivity contribution in [1.29, 1.82) is 0 Å². The van der Waals surface area contributed by atoms with E-state index in [4.69, 9.17) is 4.74 Å². The highest BCUT2D eigenvalue weighted by molar-refractivity contribution is 7.89. The second-order valence-corrected chi connectivity index (χ2v) is 7.60. The van der Waals surface area contributed by atoms with Gasteiger partial charge in [0.15, 0.2) is 0 Å². The van der Waals surface area contributed by atoms with Crippen molar-refractivity contribution in [3.63, 3.8) is 0 Å². The van der Waals surface area contributed by atoms with Crippen LogP contribution in [-0.4, -0.2) is 35.2 Å². The molecular weight excluding hydrogens is 296 g/mol. The fourth-order valence-electron chi connectivity index (χ4n) is 1.66. The van der Waals surface area contributed by atoms with Gasteiger partial charge in [0.05, 0.1) is 4.90 Å². The van der Waals surface area contributed by atoms with Crippen LogP contribution in [0.1, 0.15) is 25.1 Å². The second kappa shape index (κ2) is 8.74. The molecule has 7 heteroatoms. The number of thiophene rings is 1. The molecule has 0 amide bonds. The second-order valence-electron chi connectivity index (χ2n) is 4.84. The molecule has 0 saturated carbocycles. The third-order valence-electron chi connectivity index (χ3n) is 2.74. The van der Waals surface area contributed by atoms with Crippen LogP contribution in [0.3, 0.4) is 0 Å². The van der Waals surface area contributed by atoms with Gasteiger partial charge < -0.3 is 10.1 Å². The first kappa shape index (κ1) is 17.6. The van der Waals surface area contributed by atoms with Gasteiger partial charge in [0.2, 0.25) is 10.0 Å². The molecule has 0 radical (unpaired) electrons. The van der Waals surface area contributed by atoms with Gasteiger partial charge in [0, 0.05) is 37.1 Å². The summed E-state index contributed by atoms with van der Waals surface area (Å²) < 4.78 is 31.8. The summed E-state index contributed by atoms with van der Waals surface area (Å²) in [6, 6.07) is 1.73. The summed E-state index contributed by atoms with van der Waals surface area (Å²) >= 11 is 1.47. The van der Waals surface area contributed by atoms with Gasteiger partial charge in [0.1, 0.15) is 0 Å². The van der Waals surface area contributed by atoms with Crippen LogP contribution in [0.15, 0.2) is 16.3 Å². The van der Waals surface area contributed by atoms with E-state index < -0.39 is 10.0 Å². The first-order chi connectivity index (χ1) is 9.49. The molecule has 0 saturated heterocycles. The Kier molecular flexibility index (Phi) is 7.68. The van der Waals surface area contributed by atoms with Gasteiger partial charge in [-0.3, -0.25) is 0 Å². The fourth-order valence-corrected chi connectivity index (χ4v) is 4.07. The summed E-state index contributed by atoms with van der Waals surface area (Å²) in [6.45, 7) is 6.62. The number of nitrogens with one attached hydrogen (secondary N) is 2. The van der Waals surface area contributed by atoms with Gasteiger partial charge in [-0.1, -0.05) is 13.8 Å². The summed E-state index contributed by atoms with van der Waals surface area (Å²) in [5.41, 5.74) is 0. The van der Waals surface area contributed by atoms with Crippen molar-refractivity contribution in [2.45, 2.75) is 31.7 Å². The van der Waals surface area contributed by atoms with Gasteiger partial charge in [-0.15, -0.1) is 11.3 Å². The Hall–Kier alpha value is -0.470. The average molecular weight is 320 g/mol. The quantitative estimate of drug-likeness (QED) is 0.645. The summed E-state index contributed by atoms with van der Waals surface area (Å²) in [4.78, 5) is 1.38. The van der Waals surface area contributed by atoms with E-state index in [1.807, 2.05) is 6.92 Å². The topological polar surface area (TPSA) is 67.4 Å². The van der Waals surface area contributed by atoms with Crippen LogP contribution in [0, 0.1) is 5.92 Å². The molecule has 0 aliphatic rings. The lowest BCUT2D eigenvalue weighted by Crippen LogP contribution is -2.29. The highest BCUT2D eigenvalue weighted by Gasteiger charge is 2.17. The Bertz CT molecular complexity index is 486. The maximum absolute atomic E-state index is 12.1. The average Bonchev–Trinajstić information content (AvgIpc) is 2.87. The van der Waals surface area contributed by atoms with E-state index >= 15 is 0 Å². The van der Waals surface area contributed by atoms with Gasteiger partial charge >= 0.3 is 0 Å². The third kappa shape index (κ3) is 5.88. The Morgan fingerprint density at radius 3 is 2.85 bits per heavy atom. The molecule has 0 bridgehead atoms. The van der Waals surface area contributed by atoms with Crippen molar-refractivity contribution in [2.75, 3.05) is 26.8 Å². The lowest BCUT2D eigenvalue weighted by Gasteiger charge is -2.11. The highest BCUT2D eigenvalue weighted by atomic mass is 32.2. The zero-order valence-electron chi connectivity index (χ0n) is 12.3. The molecule has 1 rings (SSSR count). The van der Waals surface area contributed by atoms with Crippen molar-refractivity contribution in [1.82, 2.24) is 10.0 Å². The van der Waals surface area contributed by atoms with Gasteiger partial charge in [-0.25, -0.2) is 13.1 Å². The van der Waals surface area contributed by atoms with E-state index in [1.165, 1.54) is 11.3 Å². The minimum atomic E-state index is -3.41. The van der Waals surface area contributed by atoms with Crippen LogP contribution in [0.4, 0.5) is 0 Å². The highest BCUT2D eigenvalue weighted by Crippen LogP contribution is 2.19. The normalized spacial score (nSPS) is 13.6. The lowest BCUT2D eigenvalue weighted by molar-refractivity contribution is 0.161. The number of rotatable bonds is 10. The standard InChI is InChI=1S/C13H24N2O3S2/c1-4-5-14-8-12-6-13(10-19-12)20(16,17)15-7-11(2)9-18-3/h6,10-11,14-15H,4-5,7-9H2,1-3H3. The van der Waals surface area contributed by atoms with Crippen LogP contribution in [-0.2, 0) is 21.3 Å². The number of hydrogen-bond acceptors (Lipinski definition) is 5. The van der Waals surface area contributed by atoms with Crippen molar-refractivity contribution in [3.05, 3.63) is 16.3 Å². The van der Waals surface area contributed by atoms with Crippen molar-refractivity contribution in [3.8, 4) is 0 Å². The predicted octanol–water partition coefficient (Wildman–Crippen LogP) is 1.81. The maximum Gasteiger partial charge on any atom is 0.241 e. The third-order valence-corrected chi connectivity index (χ3v) is 5.23. The molecule has 0 aliphatic heterocycles. The first-order valence-corrected chi connectivity index (χ1v) is 9.12. The Morgan fingerprint density at radius 2 is 2.20 bits per heavy atom. The van der Waals surface area contributed by atoms with Crippen molar-refractivity contribution < 1.29 is 13.2 Å². The zero-order valence-corrected chi connectivity index (χ0v) is 13.9. The summed E-state index contributed by atoms with van der Waals surface area (Å²) in [6.07, 6.45) is 1.06. The van der Waals surface area contributed by atoms with Crippen LogP contribution < -0.4 is 10.0 Å². The van der Waals surface area contributed by atoms with Gasteiger partial charge in [0.25, 0.3) is 0 Å². The number of methoxy groups -OCH3 is 1. The summed E-state index contributed by atoms with van der Waals surface area (Å²) in [5.74, 6) is 0.152. The molecule has 1 aromatic heterocycles. The number of hydrogen-bond donors (Lipinski definition) is 2. The fraction of sp³-hybridized carbons (Fsp3) is 0.692. The molecule has 116 valence electrons. The number of sulfonamides is 1. The van der Waals surface area contributed by atoms with Crippen molar-refractivity contribution >= 4 is 21.4 Å². The molecule has 5 nitrogen and oxygen atoms in total. The maximum atomic E-state index is 12.1. The molecule has 2 N–H and O–H groups in total. The SMILES string of the molecule is CCCNCc1cc(S(=O)(=O)NCC(C)COC)cs1. The molecular formula is C13H24N2O3S2. The molecule has 1 unspecified atom stereocenters. The molecule has 0 fully saturated rings. The van der Waals surface area contributed by atoms with Crippen LogP contribution in [0.2, 0.25) is 0 Å². The monoisotopic (exact) mass is 320 g/mol. The van der Waals surface area contributed by atoms with E-state index in [1.54, 1.807) is 18.6 Å². The van der Waals surface area contributed by atoms with Crippen molar-refractivity contribution in [2.24, 2.45) is 5.92 Å². The van der Waals surface area contributed by atoms with Crippen LogP contribution >= 0.6 is 11.3 Å². The minimum Gasteiger partial charge on any atom is -0.384 e. The molecule has 1 atom stereocenters. The lowest BCUT2D eigenvalue weighted by atomic mass is 10.2. The molecule has 1 heterocycles. The largest absolute Gasteiger partial charge is 0.384 e. The molecule has 20 heavy (non-hydrogen) atoms. The molecule has 0 aromatic carbocycles. The smallest absolute Gasteiger partial charge is 0.241 e. The first-order valence-electron chi connectivity index (χ1n) is 6.76. The summed E-state index contributed by atoms with van der Waals surface area (Å²) in [7, 11) is -1.80. The molecule has 0 aliphatic carbocycles. The predicted molar refractivity (Wildman–Crippen MR) is 82.5 cm³/mol. The zero-order chi connectivity index (χ0) is 15.0. The number of ether oxygens (including phenoxy) is 1. The van der Waals surface area contributed by atoms with E-state index in [0.717, 1.165) is 17.8 Å². The van der Waals surface area contributed by atoms with Gasteiger partial charge in [-0.2, -0.15) is 0 Å². The summed E-state index contributed by atoms with van der Waals surface area (Å²) in [5, 5.41) is 4.95. The van der Waals surface area contributed by atoms with E-state index in [-0.39, 0.29) is 5.92 Å². The Balaban J connectivity index is 2.54. The van der Waals surface area contributed by atoms with Crippen LogP contribution in [0.25, 0.3) is 0 Å². The van der Waals surface area contributed by atoms with Crippen LogP contribution in [0.5, 0.6) is 0 Å². The Morgan fingerprint density at radius 1 is 1.45 bits per heavy atom. The van der Waals surface area contributed by atoms with E-state index in [2.05, 4.69) is 17.0 Å². The van der Waals surface area contributed by atoms with E-state index in [0.29, 0.717) is 24.6 Å². The van der Waals surface area contributed by atoms with E-state index in [9.17, 15) is 8.42 Å².